The average molecular weight is 198 g/mol. The van der Waals surface area contributed by atoms with E-state index in [1.807, 2.05) is 20.8 Å². The molecule has 0 radical (unpaired) electrons. The number of hydrogen-bond acceptors (Lipinski definition) is 3. The Labute approximate surface area is 84.8 Å². The maximum atomic E-state index is 10.9. The number of allylic oxidation sites excluding steroid dienone is 1. The summed E-state index contributed by atoms with van der Waals surface area (Å²) in [5, 5.41) is 5.59. The highest BCUT2D eigenvalue weighted by atomic mass is 16.1. The van der Waals surface area contributed by atoms with Gasteiger partial charge in [0.1, 0.15) is 5.82 Å². The zero-order chi connectivity index (χ0) is 11.4. The molecule has 0 rings (SSSR count). The second kappa shape index (κ2) is 4.79. The van der Waals surface area contributed by atoms with Crippen molar-refractivity contribution in [1.82, 2.24) is 10.6 Å². The summed E-state index contributed by atoms with van der Waals surface area (Å²) < 4.78 is 0. The Hall–Kier alpha value is -1.32. The third kappa shape index (κ3) is 7.34. The van der Waals surface area contributed by atoms with Crippen molar-refractivity contribution < 1.29 is 9.59 Å². The van der Waals surface area contributed by atoms with Crippen molar-refractivity contribution in [2.45, 2.75) is 40.2 Å². The third-order valence-corrected chi connectivity index (χ3v) is 1.17. The maximum Gasteiger partial charge on any atom is 0.222 e. The molecule has 14 heavy (non-hydrogen) atoms. The number of rotatable bonds is 3. The summed E-state index contributed by atoms with van der Waals surface area (Å²) in [6.07, 6.45) is 1.37. The fourth-order valence-corrected chi connectivity index (χ4v) is 0.900. The SMILES string of the molecule is CC(=O)/C=C(\NC(C)=O)NC(C)(C)C. The monoisotopic (exact) mass is 198 g/mol. The first kappa shape index (κ1) is 12.7. The van der Waals surface area contributed by atoms with Crippen LogP contribution >= 0.6 is 0 Å². The number of hydrogen-bond donors (Lipinski definition) is 2. The lowest BCUT2D eigenvalue weighted by atomic mass is 10.1. The smallest absolute Gasteiger partial charge is 0.222 e. The van der Waals surface area contributed by atoms with E-state index in [9.17, 15) is 9.59 Å². The molecule has 4 nitrogen and oxygen atoms in total. The fourth-order valence-electron chi connectivity index (χ4n) is 0.900. The molecule has 0 unspecified atom stereocenters. The molecule has 0 aromatic heterocycles. The molecule has 2 N–H and O–H groups in total. The van der Waals surface area contributed by atoms with Crippen LogP contribution in [0.2, 0.25) is 0 Å². The van der Waals surface area contributed by atoms with Crippen LogP contribution in [0.5, 0.6) is 0 Å². The Morgan fingerprint density at radius 3 is 1.93 bits per heavy atom. The third-order valence-electron chi connectivity index (χ3n) is 1.17. The second-order valence-electron chi connectivity index (χ2n) is 4.22. The van der Waals surface area contributed by atoms with Gasteiger partial charge in [0.15, 0.2) is 5.78 Å². The Morgan fingerprint density at radius 1 is 1.14 bits per heavy atom. The van der Waals surface area contributed by atoms with Gasteiger partial charge in [-0.15, -0.1) is 0 Å². The van der Waals surface area contributed by atoms with Crippen LogP contribution in [0.3, 0.4) is 0 Å². The van der Waals surface area contributed by atoms with Gasteiger partial charge in [0.05, 0.1) is 0 Å². The van der Waals surface area contributed by atoms with E-state index in [1.165, 1.54) is 19.9 Å². The molecule has 0 aliphatic heterocycles. The van der Waals surface area contributed by atoms with E-state index in [-0.39, 0.29) is 17.2 Å². The minimum absolute atomic E-state index is 0.106. The van der Waals surface area contributed by atoms with E-state index in [2.05, 4.69) is 10.6 Å². The molecule has 0 saturated carbocycles. The molecule has 0 aromatic rings. The number of nitrogens with one attached hydrogen (secondary N) is 2. The summed E-state index contributed by atoms with van der Waals surface area (Å²) in [7, 11) is 0. The van der Waals surface area contributed by atoms with E-state index < -0.39 is 0 Å². The van der Waals surface area contributed by atoms with Crippen molar-refractivity contribution in [1.29, 1.82) is 0 Å². The van der Waals surface area contributed by atoms with Gasteiger partial charge in [-0.05, 0) is 27.7 Å². The van der Waals surface area contributed by atoms with Crippen molar-refractivity contribution >= 4 is 11.7 Å². The highest BCUT2D eigenvalue weighted by molar-refractivity contribution is 5.88. The zero-order valence-corrected chi connectivity index (χ0v) is 9.39. The molecule has 1 amide bonds. The van der Waals surface area contributed by atoms with Gasteiger partial charge < -0.3 is 10.6 Å². The molecule has 0 aromatic carbocycles. The molecule has 4 heteroatoms. The van der Waals surface area contributed by atoms with Crippen LogP contribution in [0.15, 0.2) is 11.9 Å². The topological polar surface area (TPSA) is 58.2 Å². The minimum Gasteiger partial charge on any atom is -0.367 e. The van der Waals surface area contributed by atoms with E-state index in [4.69, 9.17) is 0 Å². The first-order chi connectivity index (χ1) is 6.20. The van der Waals surface area contributed by atoms with Gasteiger partial charge in [0, 0.05) is 18.5 Å². The average Bonchev–Trinajstić information content (AvgIpc) is 1.77. The molecular weight excluding hydrogens is 180 g/mol. The van der Waals surface area contributed by atoms with Crippen molar-refractivity contribution in [2.24, 2.45) is 0 Å². The number of ketones is 1. The van der Waals surface area contributed by atoms with Gasteiger partial charge in [-0.1, -0.05) is 0 Å². The summed E-state index contributed by atoms with van der Waals surface area (Å²) >= 11 is 0. The molecular formula is C10H18N2O2. The normalized spacial score (nSPS) is 12.2. The fraction of sp³-hybridized carbons (Fsp3) is 0.600. The quantitative estimate of drug-likeness (QED) is 0.663. The van der Waals surface area contributed by atoms with Crippen LogP contribution < -0.4 is 10.6 Å². The molecule has 0 fully saturated rings. The lowest BCUT2D eigenvalue weighted by molar-refractivity contribution is -0.118. The van der Waals surface area contributed by atoms with Crippen LogP contribution in [0.25, 0.3) is 0 Å². The molecule has 0 atom stereocenters. The summed E-state index contributed by atoms with van der Waals surface area (Å²) in [5.41, 5.74) is -0.191. The Bertz CT molecular complexity index is 262. The Balaban J connectivity index is 4.57. The summed E-state index contributed by atoms with van der Waals surface area (Å²) in [6, 6.07) is 0. The summed E-state index contributed by atoms with van der Waals surface area (Å²) in [5.74, 6) is 0.136. The molecule has 0 heterocycles. The van der Waals surface area contributed by atoms with E-state index in [0.29, 0.717) is 5.82 Å². The van der Waals surface area contributed by atoms with E-state index in [1.54, 1.807) is 0 Å². The van der Waals surface area contributed by atoms with Gasteiger partial charge in [-0.3, -0.25) is 9.59 Å². The summed E-state index contributed by atoms with van der Waals surface area (Å²) in [4.78, 5) is 21.7. The maximum absolute atomic E-state index is 10.9. The van der Waals surface area contributed by atoms with Gasteiger partial charge in [-0.2, -0.15) is 0 Å². The van der Waals surface area contributed by atoms with Crippen LogP contribution in [-0.4, -0.2) is 17.2 Å². The largest absolute Gasteiger partial charge is 0.367 e. The highest BCUT2D eigenvalue weighted by Gasteiger charge is 2.12. The molecule has 80 valence electrons. The van der Waals surface area contributed by atoms with Crippen LogP contribution in [-0.2, 0) is 9.59 Å². The number of carbonyl (C=O) groups is 2. The lowest BCUT2D eigenvalue weighted by Crippen LogP contribution is -2.41. The van der Waals surface area contributed by atoms with Crippen LogP contribution in [0, 0.1) is 0 Å². The molecule has 0 bridgehead atoms. The van der Waals surface area contributed by atoms with Crippen molar-refractivity contribution in [3.8, 4) is 0 Å². The molecule has 0 aliphatic carbocycles. The highest BCUT2D eigenvalue weighted by Crippen LogP contribution is 2.01. The Morgan fingerprint density at radius 2 is 1.64 bits per heavy atom. The number of carbonyl (C=O) groups excluding carboxylic acids is 2. The van der Waals surface area contributed by atoms with Crippen molar-refractivity contribution in [2.75, 3.05) is 0 Å². The van der Waals surface area contributed by atoms with E-state index >= 15 is 0 Å². The first-order valence-corrected chi connectivity index (χ1v) is 4.49. The number of amides is 1. The van der Waals surface area contributed by atoms with Gasteiger partial charge in [-0.25, -0.2) is 0 Å². The zero-order valence-electron chi connectivity index (χ0n) is 9.39. The molecule has 0 saturated heterocycles. The summed E-state index contributed by atoms with van der Waals surface area (Å²) in [6.45, 7) is 8.68. The van der Waals surface area contributed by atoms with Gasteiger partial charge in [0.2, 0.25) is 5.91 Å². The van der Waals surface area contributed by atoms with Crippen molar-refractivity contribution in [3.63, 3.8) is 0 Å². The lowest BCUT2D eigenvalue weighted by Gasteiger charge is -2.24. The molecule has 0 aliphatic rings. The first-order valence-electron chi connectivity index (χ1n) is 4.49. The molecule has 0 spiro atoms. The predicted molar refractivity (Wildman–Crippen MR) is 55.5 cm³/mol. The van der Waals surface area contributed by atoms with Gasteiger partial charge >= 0.3 is 0 Å². The van der Waals surface area contributed by atoms with E-state index in [0.717, 1.165) is 0 Å². The van der Waals surface area contributed by atoms with Gasteiger partial charge in [0.25, 0.3) is 0 Å². The van der Waals surface area contributed by atoms with Crippen LogP contribution in [0.4, 0.5) is 0 Å². The second-order valence-corrected chi connectivity index (χ2v) is 4.22. The predicted octanol–water partition coefficient (Wildman–Crippen LogP) is 0.941. The van der Waals surface area contributed by atoms with Crippen LogP contribution in [0.1, 0.15) is 34.6 Å². The Kier molecular flexibility index (Phi) is 4.34. The standard InChI is InChI=1S/C10H18N2O2/c1-7(13)6-9(11-8(2)14)12-10(3,4)5/h6,12H,1-5H3,(H,11,14)/b9-6+. The minimum atomic E-state index is -0.200. The van der Waals surface area contributed by atoms with Crippen molar-refractivity contribution in [3.05, 3.63) is 11.9 Å².